The molecule has 0 heterocycles. The lowest BCUT2D eigenvalue weighted by molar-refractivity contribution is 0.147. The van der Waals surface area contributed by atoms with Gasteiger partial charge < -0.3 is 10.5 Å². The van der Waals surface area contributed by atoms with Crippen LogP contribution in [0.25, 0.3) is 0 Å². The van der Waals surface area contributed by atoms with Gasteiger partial charge in [0.05, 0.1) is 6.61 Å². The molecular weight excluding hydrogens is 202 g/mol. The lowest BCUT2D eigenvalue weighted by Crippen LogP contribution is -2.16. The Morgan fingerprint density at radius 1 is 1.50 bits per heavy atom. The van der Waals surface area contributed by atoms with Gasteiger partial charge in [0.15, 0.2) is 0 Å². The molecule has 1 amide bonds. The standard InChI is InChI=1S/C13H23NO2/c1-4-5-6-7-11(2)8-9-12(3)10-16-13(14)15/h9,12H,4-7,10H2,1-3H3,(H2,14,15). The van der Waals surface area contributed by atoms with Gasteiger partial charge in [-0.3, -0.25) is 0 Å². The first-order valence-electron chi connectivity index (χ1n) is 5.90. The van der Waals surface area contributed by atoms with Gasteiger partial charge in [0.1, 0.15) is 0 Å². The van der Waals surface area contributed by atoms with E-state index >= 15 is 0 Å². The number of rotatable bonds is 7. The number of unbranched alkanes of at least 4 members (excludes halogenated alkanes) is 2. The Morgan fingerprint density at radius 3 is 2.75 bits per heavy atom. The van der Waals surface area contributed by atoms with Gasteiger partial charge in [0.2, 0.25) is 0 Å². The lowest BCUT2D eigenvalue weighted by atomic mass is 10.1. The van der Waals surface area contributed by atoms with E-state index in [9.17, 15) is 4.79 Å². The van der Waals surface area contributed by atoms with E-state index in [1.807, 2.05) is 13.0 Å². The Balaban J connectivity index is 3.92. The Labute approximate surface area is 98.4 Å². The summed E-state index contributed by atoms with van der Waals surface area (Å²) in [6.07, 6.45) is 6.02. The third-order valence-corrected chi connectivity index (χ3v) is 2.26. The molecule has 0 aliphatic carbocycles. The van der Waals surface area contributed by atoms with Crippen LogP contribution in [-0.2, 0) is 4.74 Å². The molecule has 2 N–H and O–H groups in total. The highest BCUT2D eigenvalue weighted by Crippen LogP contribution is 2.07. The normalized spacial score (nSPS) is 11.4. The molecule has 0 saturated carbocycles. The zero-order valence-corrected chi connectivity index (χ0v) is 10.6. The van der Waals surface area contributed by atoms with Gasteiger partial charge in [0.25, 0.3) is 0 Å². The van der Waals surface area contributed by atoms with E-state index in [1.165, 1.54) is 24.8 Å². The van der Waals surface area contributed by atoms with Crippen molar-refractivity contribution in [1.82, 2.24) is 0 Å². The average Bonchev–Trinajstić information content (AvgIpc) is 2.24. The Kier molecular flexibility index (Phi) is 8.36. The highest BCUT2D eigenvalue weighted by Gasteiger charge is 1.99. The number of primary amides is 1. The Hall–Kier alpha value is -1.21. The van der Waals surface area contributed by atoms with E-state index in [2.05, 4.69) is 19.6 Å². The highest BCUT2D eigenvalue weighted by molar-refractivity contribution is 5.64. The summed E-state index contributed by atoms with van der Waals surface area (Å²) >= 11 is 0. The van der Waals surface area contributed by atoms with Gasteiger partial charge in [0, 0.05) is 5.92 Å². The van der Waals surface area contributed by atoms with Gasteiger partial charge in [-0.1, -0.05) is 26.7 Å². The molecule has 0 rings (SSSR count). The molecule has 0 aliphatic heterocycles. The smallest absolute Gasteiger partial charge is 0.404 e. The first kappa shape index (κ1) is 14.8. The van der Waals surface area contributed by atoms with Gasteiger partial charge in [-0.2, -0.15) is 0 Å². The quantitative estimate of drug-likeness (QED) is 0.533. The van der Waals surface area contributed by atoms with Crippen LogP contribution < -0.4 is 5.73 Å². The minimum atomic E-state index is -0.719. The lowest BCUT2D eigenvalue weighted by Gasteiger charge is -2.04. The molecule has 3 nitrogen and oxygen atoms in total. The predicted molar refractivity (Wildman–Crippen MR) is 66.1 cm³/mol. The first-order chi connectivity index (χ1) is 7.56. The molecule has 0 radical (unpaired) electrons. The molecule has 16 heavy (non-hydrogen) atoms. The van der Waals surface area contributed by atoms with Gasteiger partial charge in [-0.15, -0.1) is 5.73 Å². The molecule has 0 aromatic heterocycles. The van der Waals surface area contributed by atoms with Crippen LogP contribution >= 0.6 is 0 Å². The molecule has 1 unspecified atom stereocenters. The van der Waals surface area contributed by atoms with Crippen molar-refractivity contribution in [2.24, 2.45) is 11.7 Å². The fourth-order valence-corrected chi connectivity index (χ4v) is 1.26. The summed E-state index contributed by atoms with van der Waals surface area (Å²) in [6.45, 7) is 6.56. The summed E-state index contributed by atoms with van der Waals surface area (Å²) in [5, 5.41) is 0. The number of carbonyl (C=O) groups excluding carboxylic acids is 1. The summed E-state index contributed by atoms with van der Waals surface area (Å²) in [7, 11) is 0. The van der Waals surface area contributed by atoms with Crippen LogP contribution in [0.15, 0.2) is 17.4 Å². The second kappa shape index (κ2) is 9.05. The van der Waals surface area contributed by atoms with E-state index in [0.29, 0.717) is 6.61 Å². The summed E-state index contributed by atoms with van der Waals surface area (Å²) in [5.74, 6) is 0.161. The van der Waals surface area contributed by atoms with E-state index in [0.717, 1.165) is 6.42 Å². The number of nitrogens with two attached hydrogens (primary N) is 1. The maximum atomic E-state index is 10.4. The van der Waals surface area contributed by atoms with Crippen molar-refractivity contribution in [2.75, 3.05) is 6.61 Å². The maximum Gasteiger partial charge on any atom is 0.404 e. The number of carbonyl (C=O) groups is 1. The topological polar surface area (TPSA) is 52.3 Å². The largest absolute Gasteiger partial charge is 0.449 e. The monoisotopic (exact) mass is 225 g/mol. The number of ether oxygens (including phenoxy) is 1. The van der Waals surface area contributed by atoms with Crippen molar-refractivity contribution in [3.8, 4) is 0 Å². The fourth-order valence-electron chi connectivity index (χ4n) is 1.26. The van der Waals surface area contributed by atoms with Crippen molar-refractivity contribution >= 4 is 6.09 Å². The fraction of sp³-hybridized carbons (Fsp3) is 0.692. The summed E-state index contributed by atoms with van der Waals surface area (Å²) in [6, 6.07) is 0. The van der Waals surface area contributed by atoms with Crippen LogP contribution in [0.5, 0.6) is 0 Å². The number of hydrogen-bond donors (Lipinski definition) is 1. The molecule has 0 fully saturated rings. The predicted octanol–water partition coefficient (Wildman–Crippen LogP) is 3.40. The third kappa shape index (κ3) is 9.35. The summed E-state index contributed by atoms with van der Waals surface area (Å²) in [4.78, 5) is 10.4. The molecule has 3 heteroatoms. The maximum absolute atomic E-state index is 10.4. The third-order valence-electron chi connectivity index (χ3n) is 2.26. The SMILES string of the molecule is CCCCCC(C)=C=CC(C)COC(N)=O. The molecule has 92 valence electrons. The van der Waals surface area contributed by atoms with Crippen molar-refractivity contribution in [3.63, 3.8) is 0 Å². The van der Waals surface area contributed by atoms with Gasteiger partial charge >= 0.3 is 6.09 Å². The van der Waals surface area contributed by atoms with Gasteiger partial charge in [-0.25, -0.2) is 4.79 Å². The van der Waals surface area contributed by atoms with Gasteiger partial charge in [-0.05, 0) is 31.4 Å². The van der Waals surface area contributed by atoms with E-state index in [-0.39, 0.29) is 5.92 Å². The van der Waals surface area contributed by atoms with Crippen LogP contribution in [0.4, 0.5) is 4.79 Å². The number of amides is 1. The van der Waals surface area contributed by atoms with Crippen LogP contribution in [0, 0.1) is 5.92 Å². The van der Waals surface area contributed by atoms with E-state index < -0.39 is 6.09 Å². The average molecular weight is 225 g/mol. The Morgan fingerprint density at radius 2 is 2.19 bits per heavy atom. The molecule has 0 aromatic rings. The minimum Gasteiger partial charge on any atom is -0.449 e. The summed E-state index contributed by atoms with van der Waals surface area (Å²) in [5.41, 5.74) is 9.35. The zero-order chi connectivity index (χ0) is 12.4. The highest BCUT2D eigenvalue weighted by atomic mass is 16.5. The molecule has 0 bridgehead atoms. The summed E-state index contributed by atoms with van der Waals surface area (Å²) < 4.78 is 4.69. The van der Waals surface area contributed by atoms with Crippen molar-refractivity contribution in [2.45, 2.75) is 46.5 Å². The Bertz CT molecular complexity index is 265. The second-order valence-electron chi connectivity index (χ2n) is 4.16. The molecule has 1 atom stereocenters. The zero-order valence-electron chi connectivity index (χ0n) is 10.6. The van der Waals surface area contributed by atoms with Crippen LogP contribution in [0.1, 0.15) is 46.5 Å². The number of hydrogen-bond acceptors (Lipinski definition) is 2. The molecule has 0 aliphatic rings. The molecular formula is C13H23NO2. The molecule has 0 saturated heterocycles. The van der Waals surface area contributed by atoms with Crippen molar-refractivity contribution in [1.29, 1.82) is 0 Å². The van der Waals surface area contributed by atoms with E-state index in [1.54, 1.807) is 0 Å². The van der Waals surface area contributed by atoms with Crippen molar-refractivity contribution in [3.05, 3.63) is 17.4 Å². The van der Waals surface area contributed by atoms with Crippen LogP contribution in [0.2, 0.25) is 0 Å². The van der Waals surface area contributed by atoms with Crippen LogP contribution in [0.3, 0.4) is 0 Å². The molecule has 0 spiro atoms. The minimum absolute atomic E-state index is 0.161. The van der Waals surface area contributed by atoms with Crippen molar-refractivity contribution < 1.29 is 9.53 Å². The second-order valence-corrected chi connectivity index (χ2v) is 4.16. The van der Waals surface area contributed by atoms with Crippen LogP contribution in [-0.4, -0.2) is 12.7 Å². The van der Waals surface area contributed by atoms with E-state index in [4.69, 9.17) is 10.5 Å². The first-order valence-corrected chi connectivity index (χ1v) is 5.90. The molecule has 0 aromatic carbocycles.